The molecule has 1 heterocycles. The van der Waals surface area contributed by atoms with Crippen molar-refractivity contribution in [3.63, 3.8) is 0 Å². The fourth-order valence-corrected chi connectivity index (χ4v) is 3.37. The van der Waals surface area contributed by atoms with E-state index in [0.717, 1.165) is 25.0 Å². The molecule has 0 aliphatic heterocycles. The van der Waals surface area contributed by atoms with Crippen LogP contribution < -0.4 is 10.6 Å². The number of rotatable bonds is 9. The van der Waals surface area contributed by atoms with Crippen LogP contribution in [0, 0.1) is 0 Å². The maximum Gasteiger partial charge on any atom is 0.317 e. The SMILES string of the molecule is CCCCCN(CC(=O)Nc1cc(C(C)(C)C)nn1-c1ccc(Cl)c(Cl)c1)C(=O)NCC. The van der Waals surface area contributed by atoms with Gasteiger partial charge in [-0.05, 0) is 31.5 Å². The van der Waals surface area contributed by atoms with Crippen LogP contribution in [0.4, 0.5) is 10.6 Å². The molecule has 32 heavy (non-hydrogen) atoms. The molecule has 1 aromatic carbocycles. The molecule has 0 atom stereocenters. The molecule has 9 heteroatoms. The first-order valence-electron chi connectivity index (χ1n) is 10.9. The second-order valence-corrected chi connectivity index (χ2v) is 9.50. The molecule has 176 valence electrons. The highest BCUT2D eigenvalue weighted by Gasteiger charge is 2.23. The molecule has 0 saturated heterocycles. The molecule has 3 amide bonds. The van der Waals surface area contributed by atoms with Gasteiger partial charge in [-0.15, -0.1) is 0 Å². The number of benzene rings is 1. The van der Waals surface area contributed by atoms with Crippen molar-refractivity contribution >= 4 is 41.0 Å². The Morgan fingerprint density at radius 2 is 1.81 bits per heavy atom. The van der Waals surface area contributed by atoms with Gasteiger partial charge in [0.2, 0.25) is 5.91 Å². The van der Waals surface area contributed by atoms with E-state index in [4.69, 9.17) is 23.2 Å². The number of halogens is 2. The van der Waals surface area contributed by atoms with Crippen LogP contribution in [0.25, 0.3) is 5.69 Å². The van der Waals surface area contributed by atoms with Gasteiger partial charge in [-0.1, -0.05) is 63.7 Å². The zero-order valence-corrected chi connectivity index (χ0v) is 21.0. The van der Waals surface area contributed by atoms with Gasteiger partial charge in [0, 0.05) is 24.6 Å². The molecule has 0 unspecified atom stereocenters. The number of carbonyl (C=O) groups excluding carboxylic acids is 2. The average Bonchev–Trinajstić information content (AvgIpc) is 3.13. The maximum absolute atomic E-state index is 12.9. The fourth-order valence-electron chi connectivity index (χ4n) is 3.07. The van der Waals surface area contributed by atoms with E-state index in [9.17, 15) is 9.59 Å². The van der Waals surface area contributed by atoms with E-state index in [0.29, 0.717) is 34.6 Å². The minimum atomic E-state index is -0.297. The number of hydrogen-bond acceptors (Lipinski definition) is 3. The molecule has 0 aliphatic carbocycles. The molecule has 2 N–H and O–H groups in total. The summed E-state index contributed by atoms with van der Waals surface area (Å²) >= 11 is 12.3. The van der Waals surface area contributed by atoms with Crippen molar-refractivity contribution in [2.24, 2.45) is 0 Å². The number of aromatic nitrogens is 2. The first-order chi connectivity index (χ1) is 15.1. The van der Waals surface area contributed by atoms with E-state index in [2.05, 4.69) is 22.7 Å². The second-order valence-electron chi connectivity index (χ2n) is 8.69. The van der Waals surface area contributed by atoms with Crippen LogP contribution in [0.15, 0.2) is 24.3 Å². The summed E-state index contributed by atoms with van der Waals surface area (Å²) in [6.07, 6.45) is 2.88. The highest BCUT2D eigenvalue weighted by atomic mass is 35.5. The van der Waals surface area contributed by atoms with Crippen LogP contribution in [-0.4, -0.2) is 46.3 Å². The molecule has 0 spiro atoms. The molecular weight excluding hydrogens is 449 g/mol. The molecule has 7 nitrogen and oxygen atoms in total. The van der Waals surface area contributed by atoms with Gasteiger partial charge < -0.3 is 15.5 Å². The summed E-state index contributed by atoms with van der Waals surface area (Å²) in [7, 11) is 0. The predicted octanol–water partition coefficient (Wildman–Crippen LogP) is 5.64. The van der Waals surface area contributed by atoms with E-state index in [1.807, 2.05) is 33.8 Å². The highest BCUT2D eigenvalue weighted by molar-refractivity contribution is 6.42. The Kier molecular flexibility index (Phi) is 9.40. The normalized spacial score (nSPS) is 11.3. The number of carbonyl (C=O) groups is 2. The van der Waals surface area contributed by atoms with Crippen LogP contribution in [0.1, 0.15) is 59.6 Å². The Labute approximate surface area is 200 Å². The van der Waals surface area contributed by atoms with Crippen LogP contribution in [-0.2, 0) is 10.2 Å². The summed E-state index contributed by atoms with van der Waals surface area (Å²) in [4.78, 5) is 26.9. The molecule has 0 fully saturated rings. The van der Waals surface area contributed by atoms with Crippen molar-refractivity contribution in [2.45, 2.75) is 59.3 Å². The van der Waals surface area contributed by atoms with Crippen molar-refractivity contribution in [3.8, 4) is 5.69 Å². The Hall–Kier alpha value is -2.25. The van der Waals surface area contributed by atoms with E-state index < -0.39 is 0 Å². The molecule has 2 rings (SSSR count). The topological polar surface area (TPSA) is 79.3 Å². The lowest BCUT2D eigenvalue weighted by molar-refractivity contribution is -0.116. The van der Waals surface area contributed by atoms with Crippen molar-refractivity contribution in [2.75, 3.05) is 25.0 Å². The van der Waals surface area contributed by atoms with Crippen molar-refractivity contribution in [1.82, 2.24) is 20.0 Å². The Morgan fingerprint density at radius 3 is 2.41 bits per heavy atom. The monoisotopic (exact) mass is 481 g/mol. The largest absolute Gasteiger partial charge is 0.338 e. The Bertz CT molecular complexity index is 937. The third-order valence-corrected chi connectivity index (χ3v) is 5.61. The van der Waals surface area contributed by atoms with E-state index in [1.165, 1.54) is 0 Å². The summed E-state index contributed by atoms with van der Waals surface area (Å²) in [6, 6.07) is 6.77. The summed E-state index contributed by atoms with van der Waals surface area (Å²) in [5.74, 6) is 0.206. The second kappa shape index (κ2) is 11.6. The zero-order valence-electron chi connectivity index (χ0n) is 19.5. The minimum Gasteiger partial charge on any atom is -0.338 e. The van der Waals surface area contributed by atoms with Gasteiger partial charge >= 0.3 is 6.03 Å². The number of urea groups is 1. The van der Waals surface area contributed by atoms with Gasteiger partial charge in [0.1, 0.15) is 12.4 Å². The van der Waals surface area contributed by atoms with E-state index in [-0.39, 0.29) is 23.9 Å². The van der Waals surface area contributed by atoms with Gasteiger partial charge in [0.15, 0.2) is 0 Å². The average molecular weight is 482 g/mol. The lowest BCUT2D eigenvalue weighted by Gasteiger charge is -2.22. The number of anilines is 1. The first kappa shape index (κ1) is 26.0. The Balaban J connectivity index is 2.28. The number of unbranched alkanes of at least 4 members (excludes halogenated alkanes) is 2. The quantitative estimate of drug-likeness (QED) is 0.454. The van der Waals surface area contributed by atoms with Crippen LogP contribution in [0.5, 0.6) is 0 Å². The number of amides is 3. The van der Waals surface area contributed by atoms with E-state index in [1.54, 1.807) is 27.8 Å². The number of nitrogens with one attached hydrogen (secondary N) is 2. The first-order valence-corrected chi connectivity index (χ1v) is 11.7. The van der Waals surface area contributed by atoms with Crippen molar-refractivity contribution < 1.29 is 9.59 Å². The van der Waals surface area contributed by atoms with Gasteiger partial charge in [-0.2, -0.15) is 5.10 Å². The molecule has 0 radical (unpaired) electrons. The van der Waals surface area contributed by atoms with Gasteiger partial charge in [-0.25, -0.2) is 9.48 Å². The van der Waals surface area contributed by atoms with Crippen LogP contribution in [0.2, 0.25) is 10.0 Å². The molecule has 2 aromatic rings. The molecule has 1 aromatic heterocycles. The van der Waals surface area contributed by atoms with Gasteiger partial charge in [0.05, 0.1) is 21.4 Å². The smallest absolute Gasteiger partial charge is 0.317 e. The zero-order chi connectivity index (χ0) is 23.9. The minimum absolute atomic E-state index is 0.0487. The van der Waals surface area contributed by atoms with Gasteiger partial charge in [0.25, 0.3) is 0 Å². The lowest BCUT2D eigenvalue weighted by Crippen LogP contribution is -2.44. The van der Waals surface area contributed by atoms with Crippen LogP contribution >= 0.6 is 23.2 Å². The molecule has 0 bridgehead atoms. The standard InChI is InChI=1S/C23H33Cl2N5O2/c1-6-8-9-12-29(22(32)26-7-2)15-21(31)27-20-14-19(23(3,4)5)28-30(20)16-10-11-17(24)18(25)13-16/h10-11,13-14H,6-9,12,15H2,1-5H3,(H,26,32)(H,27,31). The number of hydrogen-bond donors (Lipinski definition) is 2. The summed E-state index contributed by atoms with van der Waals surface area (Å²) < 4.78 is 1.63. The van der Waals surface area contributed by atoms with Crippen LogP contribution in [0.3, 0.4) is 0 Å². The third-order valence-electron chi connectivity index (χ3n) is 4.87. The number of nitrogens with zero attached hydrogens (tertiary/aromatic N) is 3. The maximum atomic E-state index is 12.9. The van der Waals surface area contributed by atoms with Crippen molar-refractivity contribution in [3.05, 3.63) is 40.0 Å². The molecule has 0 saturated carbocycles. The fraction of sp³-hybridized carbons (Fsp3) is 0.522. The van der Waals surface area contributed by atoms with Gasteiger partial charge in [-0.3, -0.25) is 4.79 Å². The summed E-state index contributed by atoms with van der Waals surface area (Å²) in [5, 5.41) is 11.2. The highest BCUT2D eigenvalue weighted by Crippen LogP contribution is 2.29. The summed E-state index contributed by atoms with van der Waals surface area (Å²) in [5.41, 5.74) is 1.25. The van der Waals surface area contributed by atoms with E-state index >= 15 is 0 Å². The lowest BCUT2D eigenvalue weighted by atomic mass is 9.92. The third kappa shape index (κ3) is 7.14. The molecule has 0 aliphatic rings. The molecular formula is C23H33Cl2N5O2. The van der Waals surface area contributed by atoms with Crippen molar-refractivity contribution in [1.29, 1.82) is 0 Å². The Morgan fingerprint density at radius 1 is 1.09 bits per heavy atom. The summed E-state index contributed by atoms with van der Waals surface area (Å²) in [6.45, 7) is 11.1. The predicted molar refractivity (Wildman–Crippen MR) is 131 cm³/mol.